The standard InChI is InChI=1S/C18H29ClN2/c1-4-6-11-21(14(3)5-2)18-12-16(19)8-7-15(18)13-20-17-9-10-17/h7-8,12,14,17,20H,4-6,9-11,13H2,1-3H3. The average Bonchev–Trinajstić information content (AvgIpc) is 3.30. The molecule has 1 atom stereocenters. The minimum atomic E-state index is 0.551. The van der Waals surface area contributed by atoms with Crippen molar-refractivity contribution in [3.05, 3.63) is 28.8 Å². The van der Waals surface area contributed by atoms with E-state index in [0.717, 1.165) is 30.6 Å². The summed E-state index contributed by atoms with van der Waals surface area (Å²) in [5.74, 6) is 0. The molecule has 1 saturated carbocycles. The minimum absolute atomic E-state index is 0.551. The van der Waals surface area contributed by atoms with Gasteiger partial charge >= 0.3 is 0 Å². The van der Waals surface area contributed by atoms with Crippen molar-refractivity contribution in [3.8, 4) is 0 Å². The molecular weight excluding hydrogens is 280 g/mol. The van der Waals surface area contributed by atoms with E-state index in [2.05, 4.69) is 43.1 Å². The van der Waals surface area contributed by atoms with E-state index in [-0.39, 0.29) is 0 Å². The lowest BCUT2D eigenvalue weighted by atomic mass is 10.1. The molecule has 1 fully saturated rings. The second-order valence-corrected chi connectivity index (χ2v) is 6.67. The van der Waals surface area contributed by atoms with Crippen LogP contribution in [0, 0.1) is 0 Å². The van der Waals surface area contributed by atoms with Gasteiger partial charge < -0.3 is 10.2 Å². The lowest BCUT2D eigenvalue weighted by Crippen LogP contribution is -2.34. The summed E-state index contributed by atoms with van der Waals surface area (Å²) in [5.41, 5.74) is 2.70. The topological polar surface area (TPSA) is 15.3 Å². The van der Waals surface area contributed by atoms with Crippen molar-refractivity contribution in [2.75, 3.05) is 11.4 Å². The third-order valence-corrected chi connectivity index (χ3v) is 4.63. The first-order valence-corrected chi connectivity index (χ1v) is 8.82. The molecule has 3 heteroatoms. The Hall–Kier alpha value is -0.730. The van der Waals surface area contributed by atoms with Crippen molar-refractivity contribution >= 4 is 17.3 Å². The number of nitrogens with zero attached hydrogens (tertiary/aromatic N) is 1. The Kier molecular flexibility index (Phi) is 6.38. The van der Waals surface area contributed by atoms with Crippen molar-refractivity contribution in [2.24, 2.45) is 0 Å². The molecule has 0 heterocycles. The Labute approximate surface area is 134 Å². The van der Waals surface area contributed by atoms with Gasteiger partial charge in [0.05, 0.1) is 0 Å². The maximum atomic E-state index is 6.27. The number of nitrogens with one attached hydrogen (secondary N) is 1. The Bertz CT molecular complexity index is 443. The second kappa shape index (κ2) is 8.05. The first-order valence-electron chi connectivity index (χ1n) is 8.44. The van der Waals surface area contributed by atoms with Crippen LogP contribution in [-0.2, 0) is 6.54 Å². The van der Waals surface area contributed by atoms with Crippen LogP contribution in [0.5, 0.6) is 0 Å². The molecule has 2 rings (SSSR count). The number of rotatable bonds is 9. The molecule has 21 heavy (non-hydrogen) atoms. The van der Waals surface area contributed by atoms with Crippen molar-refractivity contribution in [1.82, 2.24) is 5.32 Å². The third-order valence-electron chi connectivity index (χ3n) is 4.39. The summed E-state index contributed by atoms with van der Waals surface area (Å²) in [5, 5.41) is 4.47. The summed E-state index contributed by atoms with van der Waals surface area (Å²) in [4.78, 5) is 2.54. The van der Waals surface area contributed by atoms with Crippen LogP contribution in [0.1, 0.15) is 58.4 Å². The lowest BCUT2D eigenvalue weighted by Gasteiger charge is -2.33. The molecule has 0 saturated heterocycles. The van der Waals surface area contributed by atoms with Crippen LogP contribution in [0.3, 0.4) is 0 Å². The highest BCUT2D eigenvalue weighted by Crippen LogP contribution is 2.29. The molecular formula is C18H29ClN2. The zero-order valence-corrected chi connectivity index (χ0v) is 14.4. The van der Waals surface area contributed by atoms with E-state index in [0.29, 0.717) is 6.04 Å². The van der Waals surface area contributed by atoms with Gasteiger partial charge in [0.25, 0.3) is 0 Å². The molecule has 0 amide bonds. The van der Waals surface area contributed by atoms with E-state index in [1.165, 1.54) is 36.9 Å². The quantitative estimate of drug-likeness (QED) is 0.691. The van der Waals surface area contributed by atoms with E-state index >= 15 is 0 Å². The Balaban J connectivity index is 2.19. The van der Waals surface area contributed by atoms with Crippen molar-refractivity contribution in [3.63, 3.8) is 0 Å². The largest absolute Gasteiger partial charge is 0.369 e. The average molecular weight is 309 g/mol. The van der Waals surface area contributed by atoms with E-state index in [1.807, 2.05) is 6.07 Å². The molecule has 1 unspecified atom stereocenters. The molecule has 118 valence electrons. The molecule has 1 aromatic carbocycles. The van der Waals surface area contributed by atoms with Gasteiger partial charge in [0, 0.05) is 35.9 Å². The molecule has 2 nitrogen and oxygen atoms in total. The summed E-state index contributed by atoms with van der Waals surface area (Å²) in [6.07, 6.45) is 6.27. The minimum Gasteiger partial charge on any atom is -0.369 e. The zero-order valence-electron chi connectivity index (χ0n) is 13.7. The van der Waals surface area contributed by atoms with Gasteiger partial charge in [-0.1, -0.05) is 37.9 Å². The number of halogens is 1. The van der Waals surface area contributed by atoms with Gasteiger partial charge in [0.1, 0.15) is 0 Å². The maximum absolute atomic E-state index is 6.27. The summed E-state index contributed by atoms with van der Waals surface area (Å²) >= 11 is 6.27. The van der Waals surface area contributed by atoms with Crippen molar-refractivity contribution < 1.29 is 0 Å². The molecule has 1 aliphatic rings. The summed E-state index contributed by atoms with van der Waals surface area (Å²) in [7, 11) is 0. The van der Waals surface area contributed by atoms with Gasteiger partial charge in [0.2, 0.25) is 0 Å². The van der Waals surface area contributed by atoms with Crippen LogP contribution in [0.25, 0.3) is 0 Å². The van der Waals surface area contributed by atoms with E-state index in [9.17, 15) is 0 Å². The fraction of sp³-hybridized carbons (Fsp3) is 0.667. The first-order chi connectivity index (χ1) is 10.2. The fourth-order valence-corrected chi connectivity index (χ4v) is 2.79. The number of benzene rings is 1. The van der Waals surface area contributed by atoms with Gasteiger partial charge in [0.15, 0.2) is 0 Å². The van der Waals surface area contributed by atoms with Crippen LogP contribution in [-0.4, -0.2) is 18.6 Å². The van der Waals surface area contributed by atoms with Gasteiger partial charge in [-0.3, -0.25) is 0 Å². The predicted octanol–water partition coefficient (Wildman–Crippen LogP) is 5.00. The molecule has 0 spiro atoms. The highest BCUT2D eigenvalue weighted by atomic mass is 35.5. The number of unbranched alkanes of at least 4 members (excludes halogenated alkanes) is 1. The zero-order chi connectivity index (χ0) is 15.2. The van der Waals surface area contributed by atoms with E-state index in [4.69, 9.17) is 11.6 Å². The summed E-state index contributed by atoms with van der Waals surface area (Å²) in [6.45, 7) is 8.89. The maximum Gasteiger partial charge on any atom is 0.0429 e. The molecule has 0 aliphatic heterocycles. The molecule has 1 N–H and O–H groups in total. The number of hydrogen-bond donors (Lipinski definition) is 1. The predicted molar refractivity (Wildman–Crippen MR) is 93.3 cm³/mol. The Morgan fingerprint density at radius 3 is 2.71 bits per heavy atom. The number of hydrogen-bond acceptors (Lipinski definition) is 2. The Morgan fingerprint density at radius 2 is 2.10 bits per heavy atom. The summed E-state index contributed by atoms with van der Waals surface area (Å²) in [6, 6.07) is 7.64. The number of anilines is 1. The SMILES string of the molecule is CCCCN(c1cc(Cl)ccc1CNC1CC1)C(C)CC. The lowest BCUT2D eigenvalue weighted by molar-refractivity contribution is 0.590. The molecule has 0 radical (unpaired) electrons. The van der Waals surface area contributed by atoms with Crippen LogP contribution >= 0.6 is 11.6 Å². The van der Waals surface area contributed by atoms with Gasteiger partial charge in [-0.25, -0.2) is 0 Å². The smallest absolute Gasteiger partial charge is 0.0429 e. The monoisotopic (exact) mass is 308 g/mol. The van der Waals surface area contributed by atoms with Crippen LogP contribution in [0.4, 0.5) is 5.69 Å². The highest BCUT2D eigenvalue weighted by molar-refractivity contribution is 6.30. The van der Waals surface area contributed by atoms with Crippen LogP contribution < -0.4 is 10.2 Å². The molecule has 1 aliphatic carbocycles. The Morgan fingerprint density at radius 1 is 1.33 bits per heavy atom. The van der Waals surface area contributed by atoms with E-state index < -0.39 is 0 Å². The van der Waals surface area contributed by atoms with Crippen LogP contribution in [0.2, 0.25) is 5.02 Å². The summed E-state index contributed by atoms with van der Waals surface area (Å²) < 4.78 is 0. The van der Waals surface area contributed by atoms with E-state index in [1.54, 1.807) is 0 Å². The van der Waals surface area contributed by atoms with Gasteiger partial charge in [-0.05, 0) is 50.3 Å². The normalized spacial score (nSPS) is 16.0. The molecule has 0 aromatic heterocycles. The molecule has 1 aromatic rings. The van der Waals surface area contributed by atoms with Crippen molar-refractivity contribution in [1.29, 1.82) is 0 Å². The van der Waals surface area contributed by atoms with Gasteiger partial charge in [-0.2, -0.15) is 0 Å². The molecule has 0 bridgehead atoms. The first kappa shape index (κ1) is 16.6. The van der Waals surface area contributed by atoms with Crippen molar-refractivity contribution in [2.45, 2.75) is 71.5 Å². The second-order valence-electron chi connectivity index (χ2n) is 6.23. The highest BCUT2D eigenvalue weighted by Gasteiger charge is 2.22. The van der Waals surface area contributed by atoms with Crippen LogP contribution in [0.15, 0.2) is 18.2 Å². The third kappa shape index (κ3) is 4.89. The van der Waals surface area contributed by atoms with Gasteiger partial charge in [-0.15, -0.1) is 0 Å². The fourth-order valence-electron chi connectivity index (χ4n) is 2.62.